The number of benzene rings is 1. The van der Waals surface area contributed by atoms with E-state index in [-0.39, 0.29) is 0 Å². The molecule has 0 saturated carbocycles. The van der Waals surface area contributed by atoms with Crippen molar-refractivity contribution in [2.45, 2.75) is 52.1 Å². The highest BCUT2D eigenvalue weighted by atomic mass is 16.5. The lowest BCUT2D eigenvalue weighted by molar-refractivity contribution is 0.0863. The SMILES string of the molecule is CCC(C)c1ccc(COCCN2CCCCC2)cc1. The van der Waals surface area contributed by atoms with E-state index in [9.17, 15) is 0 Å². The van der Waals surface area contributed by atoms with Crippen LogP contribution in [0.25, 0.3) is 0 Å². The maximum atomic E-state index is 5.81. The van der Waals surface area contributed by atoms with E-state index >= 15 is 0 Å². The van der Waals surface area contributed by atoms with Crippen LogP contribution < -0.4 is 0 Å². The van der Waals surface area contributed by atoms with Crippen LogP contribution in [0.15, 0.2) is 24.3 Å². The van der Waals surface area contributed by atoms with Crippen LogP contribution in [0.2, 0.25) is 0 Å². The molecule has 1 aromatic rings. The monoisotopic (exact) mass is 275 g/mol. The van der Waals surface area contributed by atoms with E-state index in [1.54, 1.807) is 0 Å². The highest BCUT2D eigenvalue weighted by molar-refractivity contribution is 5.24. The number of ether oxygens (including phenoxy) is 1. The van der Waals surface area contributed by atoms with Crippen molar-refractivity contribution in [1.82, 2.24) is 4.90 Å². The van der Waals surface area contributed by atoms with E-state index in [0.717, 1.165) is 19.8 Å². The normalized spacial score (nSPS) is 18.1. The fraction of sp³-hybridized carbons (Fsp3) is 0.667. The summed E-state index contributed by atoms with van der Waals surface area (Å²) in [5, 5.41) is 0. The molecule has 1 unspecified atom stereocenters. The summed E-state index contributed by atoms with van der Waals surface area (Å²) < 4.78 is 5.81. The molecular formula is C18H29NO. The second-order valence-electron chi connectivity index (χ2n) is 6.01. The van der Waals surface area contributed by atoms with Crippen LogP contribution in [0.5, 0.6) is 0 Å². The van der Waals surface area contributed by atoms with Crippen LogP contribution in [0, 0.1) is 0 Å². The first-order valence-electron chi connectivity index (χ1n) is 8.18. The van der Waals surface area contributed by atoms with Crippen molar-refractivity contribution in [3.63, 3.8) is 0 Å². The molecule has 0 aromatic heterocycles. The van der Waals surface area contributed by atoms with E-state index in [1.165, 1.54) is 49.9 Å². The van der Waals surface area contributed by atoms with Gasteiger partial charge in [0.15, 0.2) is 0 Å². The molecule has 112 valence electrons. The van der Waals surface area contributed by atoms with Crippen molar-refractivity contribution in [2.75, 3.05) is 26.2 Å². The lowest BCUT2D eigenvalue weighted by Gasteiger charge is -2.26. The first-order chi connectivity index (χ1) is 9.79. The van der Waals surface area contributed by atoms with Crippen molar-refractivity contribution in [3.8, 4) is 0 Å². The number of likely N-dealkylation sites (tertiary alicyclic amines) is 1. The van der Waals surface area contributed by atoms with Crippen molar-refractivity contribution in [2.24, 2.45) is 0 Å². The quantitative estimate of drug-likeness (QED) is 0.691. The summed E-state index contributed by atoms with van der Waals surface area (Å²) in [6, 6.07) is 8.92. The third-order valence-corrected chi connectivity index (χ3v) is 4.43. The third-order valence-electron chi connectivity index (χ3n) is 4.43. The Morgan fingerprint density at radius 1 is 1.10 bits per heavy atom. The van der Waals surface area contributed by atoms with E-state index < -0.39 is 0 Å². The lowest BCUT2D eigenvalue weighted by Crippen LogP contribution is -2.32. The molecule has 1 aromatic carbocycles. The average molecular weight is 275 g/mol. The summed E-state index contributed by atoms with van der Waals surface area (Å²) in [5.74, 6) is 0.657. The molecule has 0 spiro atoms. The van der Waals surface area contributed by atoms with Gasteiger partial charge in [0, 0.05) is 6.54 Å². The molecule has 0 radical (unpaired) electrons. The molecule has 0 N–H and O–H groups in total. The molecule has 1 aliphatic rings. The molecule has 1 fully saturated rings. The molecule has 0 aliphatic carbocycles. The Bertz CT molecular complexity index is 368. The molecule has 1 atom stereocenters. The minimum Gasteiger partial charge on any atom is -0.375 e. The topological polar surface area (TPSA) is 12.5 Å². The van der Waals surface area contributed by atoms with Crippen LogP contribution in [-0.4, -0.2) is 31.1 Å². The van der Waals surface area contributed by atoms with E-state index in [0.29, 0.717) is 5.92 Å². The molecular weight excluding hydrogens is 246 g/mol. The van der Waals surface area contributed by atoms with Crippen molar-refractivity contribution in [3.05, 3.63) is 35.4 Å². The Hall–Kier alpha value is -0.860. The van der Waals surface area contributed by atoms with Crippen LogP contribution >= 0.6 is 0 Å². The summed E-state index contributed by atoms with van der Waals surface area (Å²) in [5.41, 5.74) is 2.72. The maximum Gasteiger partial charge on any atom is 0.0717 e. The summed E-state index contributed by atoms with van der Waals surface area (Å²) in [6.45, 7) is 9.72. The van der Waals surface area contributed by atoms with Gasteiger partial charge >= 0.3 is 0 Å². The van der Waals surface area contributed by atoms with Gasteiger partial charge in [0.1, 0.15) is 0 Å². The van der Waals surface area contributed by atoms with Crippen LogP contribution in [0.1, 0.15) is 56.6 Å². The summed E-state index contributed by atoms with van der Waals surface area (Å²) >= 11 is 0. The minimum atomic E-state index is 0.657. The Balaban J connectivity index is 1.66. The number of hydrogen-bond donors (Lipinski definition) is 0. The molecule has 2 rings (SSSR count). The van der Waals surface area contributed by atoms with Gasteiger partial charge in [0.25, 0.3) is 0 Å². The van der Waals surface area contributed by atoms with Crippen molar-refractivity contribution >= 4 is 0 Å². The van der Waals surface area contributed by atoms with Gasteiger partial charge in [-0.2, -0.15) is 0 Å². The highest BCUT2D eigenvalue weighted by Gasteiger charge is 2.09. The van der Waals surface area contributed by atoms with Gasteiger partial charge in [-0.15, -0.1) is 0 Å². The predicted molar refractivity (Wildman–Crippen MR) is 85.1 cm³/mol. The van der Waals surface area contributed by atoms with Gasteiger partial charge in [0.05, 0.1) is 13.2 Å². The summed E-state index contributed by atoms with van der Waals surface area (Å²) in [4.78, 5) is 2.52. The second-order valence-corrected chi connectivity index (χ2v) is 6.01. The molecule has 0 amide bonds. The molecule has 1 aliphatic heterocycles. The van der Waals surface area contributed by atoms with Gasteiger partial charge in [-0.3, -0.25) is 0 Å². The van der Waals surface area contributed by atoms with Gasteiger partial charge in [-0.1, -0.05) is 44.5 Å². The number of rotatable bonds is 7. The molecule has 2 heteroatoms. The van der Waals surface area contributed by atoms with Crippen LogP contribution in [0.4, 0.5) is 0 Å². The van der Waals surface area contributed by atoms with Crippen LogP contribution in [-0.2, 0) is 11.3 Å². The Labute approximate surface area is 124 Å². The predicted octanol–water partition coefficient (Wildman–Crippen LogP) is 4.20. The molecule has 1 heterocycles. The van der Waals surface area contributed by atoms with Gasteiger partial charge in [0.2, 0.25) is 0 Å². The lowest BCUT2D eigenvalue weighted by atomic mass is 9.98. The zero-order valence-electron chi connectivity index (χ0n) is 13.1. The van der Waals surface area contributed by atoms with Crippen molar-refractivity contribution in [1.29, 1.82) is 0 Å². The van der Waals surface area contributed by atoms with Crippen molar-refractivity contribution < 1.29 is 4.74 Å². The third kappa shape index (κ3) is 4.92. The Morgan fingerprint density at radius 3 is 2.45 bits per heavy atom. The maximum absolute atomic E-state index is 5.81. The smallest absolute Gasteiger partial charge is 0.0717 e. The van der Waals surface area contributed by atoms with E-state index in [1.807, 2.05) is 0 Å². The average Bonchev–Trinajstić information content (AvgIpc) is 2.52. The number of hydrogen-bond acceptors (Lipinski definition) is 2. The van der Waals surface area contributed by atoms with Gasteiger partial charge < -0.3 is 9.64 Å². The Morgan fingerprint density at radius 2 is 1.80 bits per heavy atom. The summed E-state index contributed by atoms with van der Waals surface area (Å²) in [7, 11) is 0. The number of nitrogens with zero attached hydrogens (tertiary/aromatic N) is 1. The van der Waals surface area contributed by atoms with E-state index in [4.69, 9.17) is 4.74 Å². The Kier molecular flexibility index (Phi) is 6.55. The second kappa shape index (κ2) is 8.43. The fourth-order valence-electron chi connectivity index (χ4n) is 2.74. The largest absolute Gasteiger partial charge is 0.375 e. The zero-order valence-corrected chi connectivity index (χ0v) is 13.1. The van der Waals surface area contributed by atoms with Gasteiger partial charge in [-0.25, -0.2) is 0 Å². The molecule has 2 nitrogen and oxygen atoms in total. The zero-order chi connectivity index (χ0) is 14.2. The number of piperidine rings is 1. The van der Waals surface area contributed by atoms with Crippen LogP contribution in [0.3, 0.4) is 0 Å². The first-order valence-corrected chi connectivity index (χ1v) is 8.18. The van der Waals surface area contributed by atoms with Gasteiger partial charge in [-0.05, 0) is 49.4 Å². The molecule has 1 saturated heterocycles. The first kappa shape index (κ1) is 15.5. The molecule has 20 heavy (non-hydrogen) atoms. The highest BCUT2D eigenvalue weighted by Crippen LogP contribution is 2.19. The molecule has 0 bridgehead atoms. The minimum absolute atomic E-state index is 0.657. The summed E-state index contributed by atoms with van der Waals surface area (Å²) in [6.07, 6.45) is 5.32. The standard InChI is InChI=1S/C18H29NO/c1-3-16(2)18-9-7-17(8-10-18)15-20-14-13-19-11-5-4-6-12-19/h7-10,16H,3-6,11-15H2,1-2H3. The van der Waals surface area contributed by atoms with E-state index in [2.05, 4.69) is 43.0 Å². The fourth-order valence-corrected chi connectivity index (χ4v) is 2.74.